The number of aliphatic hydroxyl groups is 2. The number of allylic oxidation sites excluding steroid dienone is 3. The summed E-state index contributed by atoms with van der Waals surface area (Å²) in [7, 11) is 1.67. The van der Waals surface area contributed by atoms with E-state index in [-0.39, 0.29) is 0 Å². The number of hydrogen-bond donors (Lipinski definition) is 7. The number of methoxy groups -OCH3 is 1. The van der Waals surface area contributed by atoms with E-state index in [1.165, 1.54) is 24.1 Å². The lowest BCUT2D eigenvalue weighted by Gasteiger charge is -2.31. The molecule has 1 saturated carbocycles. The van der Waals surface area contributed by atoms with Crippen molar-refractivity contribution < 1.29 is 24.1 Å². The lowest BCUT2D eigenvalue weighted by molar-refractivity contribution is -0.00468. The van der Waals surface area contributed by atoms with Crippen molar-refractivity contribution in [2.75, 3.05) is 51.0 Å². The number of aliphatic imine (C=N–C) groups is 1. The van der Waals surface area contributed by atoms with Crippen LogP contribution in [0, 0.1) is 10.8 Å². The second kappa shape index (κ2) is 17.2. The Kier molecular flexibility index (Phi) is 13.1. The Balaban J connectivity index is 1.28. The molecule has 3 aliphatic rings. The Morgan fingerprint density at radius 1 is 1.18 bits per heavy atom. The van der Waals surface area contributed by atoms with Gasteiger partial charge in [-0.3, -0.25) is 4.99 Å². The molecule has 7 N–H and O–H groups in total. The number of hydrogen-bond acceptors (Lipinski definition) is 11. The molecule has 4 rings (SSSR count). The summed E-state index contributed by atoms with van der Waals surface area (Å²) in [6.45, 7) is 3.34. The van der Waals surface area contributed by atoms with Crippen LogP contribution < -0.4 is 21.3 Å². The number of nitrogens with zero attached hydrogens (tertiary/aromatic N) is 1. The van der Waals surface area contributed by atoms with Crippen molar-refractivity contribution in [1.29, 1.82) is 5.41 Å². The normalized spacial score (nSPS) is 25.7. The van der Waals surface area contributed by atoms with Crippen LogP contribution in [-0.4, -0.2) is 93.0 Å². The number of alkyl halides is 1. The van der Waals surface area contributed by atoms with Crippen LogP contribution in [0.25, 0.3) is 0 Å². The highest BCUT2D eigenvalue weighted by molar-refractivity contribution is 8.03. The summed E-state index contributed by atoms with van der Waals surface area (Å²) in [5.74, 6) is 0.987. The minimum atomic E-state index is -1.46. The number of benzene rings is 1. The average molecular weight is 627 g/mol. The van der Waals surface area contributed by atoms with Crippen molar-refractivity contribution in [2.45, 2.75) is 37.6 Å². The van der Waals surface area contributed by atoms with E-state index in [0.29, 0.717) is 49.7 Å². The van der Waals surface area contributed by atoms with Crippen LogP contribution >= 0.6 is 11.8 Å². The van der Waals surface area contributed by atoms with Gasteiger partial charge in [0.05, 0.1) is 24.3 Å². The number of thioether (sulfide) groups is 1. The van der Waals surface area contributed by atoms with Crippen molar-refractivity contribution in [2.24, 2.45) is 10.4 Å². The van der Waals surface area contributed by atoms with Crippen LogP contribution in [-0.2, 0) is 9.47 Å². The molecule has 0 bridgehead atoms. The fourth-order valence-electron chi connectivity index (χ4n) is 4.67. The molecule has 1 fully saturated rings. The minimum absolute atomic E-state index is 0.426. The van der Waals surface area contributed by atoms with Gasteiger partial charge in [0, 0.05) is 67.2 Å². The molecule has 238 valence electrons. The zero-order valence-corrected chi connectivity index (χ0v) is 25.7. The second-order valence-corrected chi connectivity index (χ2v) is 11.7. The molecule has 0 radical (unpaired) electrons. The zero-order chi connectivity index (χ0) is 31.2. The van der Waals surface area contributed by atoms with Crippen LogP contribution in [0.15, 0.2) is 93.8 Å². The number of para-hydroxylation sites is 1. The highest BCUT2D eigenvalue weighted by atomic mass is 32.2. The standard InChI is InChI=1S/C32H43FN6O4S/c1-42-18-17-36-15-16-37-21-23(20-34)29-10-14-35-13-9-26(22-44-29)43-28-8-7-25(19-27(28)33)39-31(41)32(11-12-32)30(40)38-24-5-3-2-4-6-24/h2-10,13,19-21,27-28,30-31,34,36-41H,11-12,14-18,22H2,1H3/b23-21+,26-9+,29-10-,34-20?,35-13-. The molecule has 0 amide bonds. The fourth-order valence-corrected chi connectivity index (χ4v) is 5.61. The quantitative estimate of drug-likeness (QED) is 0.0788. The summed E-state index contributed by atoms with van der Waals surface area (Å²) in [4.78, 5) is 5.25. The van der Waals surface area contributed by atoms with Gasteiger partial charge in [0.1, 0.15) is 18.2 Å². The molecule has 0 aromatic heterocycles. The molecule has 1 heterocycles. The number of aliphatic hydroxyl groups excluding tert-OH is 2. The van der Waals surface area contributed by atoms with Gasteiger partial charge in [0.2, 0.25) is 0 Å². The molecule has 10 nitrogen and oxygen atoms in total. The lowest BCUT2D eigenvalue weighted by atomic mass is 10.0. The molecule has 4 atom stereocenters. The van der Waals surface area contributed by atoms with E-state index in [1.807, 2.05) is 42.6 Å². The van der Waals surface area contributed by atoms with Crippen LogP contribution in [0.5, 0.6) is 0 Å². The summed E-state index contributed by atoms with van der Waals surface area (Å²) in [5.41, 5.74) is 1.13. The van der Waals surface area contributed by atoms with E-state index in [2.05, 4.69) is 26.3 Å². The number of nitrogens with one attached hydrogen (secondary N) is 5. The van der Waals surface area contributed by atoms with Crippen LogP contribution in [0.1, 0.15) is 12.8 Å². The summed E-state index contributed by atoms with van der Waals surface area (Å²) in [5, 5.41) is 42.2. The van der Waals surface area contributed by atoms with Crippen molar-refractivity contribution in [3.8, 4) is 0 Å². The molecular weight excluding hydrogens is 583 g/mol. The topological polar surface area (TPSA) is 143 Å². The highest BCUT2D eigenvalue weighted by Gasteiger charge is 2.55. The molecule has 4 unspecified atom stereocenters. The summed E-state index contributed by atoms with van der Waals surface area (Å²) in [6.07, 6.45) is 10.1. The smallest absolute Gasteiger partial charge is 0.161 e. The maximum absolute atomic E-state index is 15.3. The van der Waals surface area contributed by atoms with E-state index in [9.17, 15) is 10.2 Å². The van der Waals surface area contributed by atoms with Gasteiger partial charge in [-0.1, -0.05) is 18.2 Å². The summed E-state index contributed by atoms with van der Waals surface area (Å²) < 4.78 is 26.3. The van der Waals surface area contributed by atoms with Gasteiger partial charge < -0.3 is 46.4 Å². The first-order chi connectivity index (χ1) is 21.4. The number of anilines is 1. The number of ether oxygens (including phenoxy) is 2. The Bertz CT molecular complexity index is 1260. The van der Waals surface area contributed by atoms with Crippen LogP contribution in [0.4, 0.5) is 10.1 Å². The van der Waals surface area contributed by atoms with E-state index in [4.69, 9.17) is 14.9 Å². The molecule has 44 heavy (non-hydrogen) atoms. The van der Waals surface area contributed by atoms with E-state index < -0.39 is 30.1 Å². The van der Waals surface area contributed by atoms with Crippen molar-refractivity contribution in [3.05, 3.63) is 88.8 Å². The SMILES string of the molecule is COCCNCCN/C=C(C=N)/C1=C/C/N=C\C=C(\OC2C=CC(NC(O)C3(C(O)Nc4ccccc4)CC3)=CC2F)CS1. The third-order valence-electron chi connectivity index (χ3n) is 7.45. The first-order valence-corrected chi connectivity index (χ1v) is 15.7. The molecule has 1 aromatic carbocycles. The Hall–Kier alpha value is -3.42. The van der Waals surface area contributed by atoms with E-state index in [0.717, 1.165) is 29.3 Å². The summed E-state index contributed by atoms with van der Waals surface area (Å²) in [6, 6.07) is 9.32. The minimum Gasteiger partial charge on any atom is -0.486 e. The molecule has 0 saturated heterocycles. The molecule has 2 aliphatic carbocycles. The Labute approximate surface area is 262 Å². The number of halogens is 1. The van der Waals surface area contributed by atoms with Gasteiger partial charge in [0.25, 0.3) is 0 Å². The number of rotatable bonds is 17. The first-order valence-electron chi connectivity index (χ1n) is 14.8. The van der Waals surface area contributed by atoms with Gasteiger partial charge in [0.15, 0.2) is 12.3 Å². The highest BCUT2D eigenvalue weighted by Crippen LogP contribution is 2.51. The second-order valence-electron chi connectivity index (χ2n) is 10.6. The molecular formula is C32H43FN6O4S. The van der Waals surface area contributed by atoms with E-state index in [1.54, 1.807) is 31.6 Å². The third-order valence-corrected chi connectivity index (χ3v) is 8.59. The molecule has 1 aliphatic heterocycles. The van der Waals surface area contributed by atoms with Gasteiger partial charge in [-0.25, -0.2) is 4.39 Å². The predicted molar refractivity (Wildman–Crippen MR) is 175 cm³/mol. The molecule has 12 heteroatoms. The summed E-state index contributed by atoms with van der Waals surface area (Å²) >= 11 is 1.50. The average Bonchev–Trinajstić information content (AvgIpc) is 3.83. The fraction of sp³-hybridized carbons (Fsp3) is 0.438. The van der Waals surface area contributed by atoms with Crippen LogP contribution in [0.3, 0.4) is 0 Å². The molecule has 0 spiro atoms. The Morgan fingerprint density at radius 2 is 1.98 bits per heavy atom. The largest absolute Gasteiger partial charge is 0.486 e. The monoisotopic (exact) mass is 626 g/mol. The maximum Gasteiger partial charge on any atom is 0.161 e. The maximum atomic E-state index is 15.3. The zero-order valence-electron chi connectivity index (χ0n) is 24.9. The van der Waals surface area contributed by atoms with Gasteiger partial charge in [-0.15, -0.1) is 11.8 Å². The van der Waals surface area contributed by atoms with Crippen LogP contribution in [0.2, 0.25) is 0 Å². The van der Waals surface area contributed by atoms with Gasteiger partial charge in [-0.2, -0.15) is 0 Å². The first kappa shape index (κ1) is 33.5. The van der Waals surface area contributed by atoms with Crippen molar-refractivity contribution >= 4 is 29.9 Å². The van der Waals surface area contributed by atoms with Crippen molar-refractivity contribution in [3.63, 3.8) is 0 Å². The third kappa shape index (κ3) is 9.80. The lowest BCUT2D eigenvalue weighted by Crippen LogP contribution is -2.46. The van der Waals surface area contributed by atoms with Crippen molar-refractivity contribution in [1.82, 2.24) is 16.0 Å². The van der Waals surface area contributed by atoms with Gasteiger partial charge in [-0.05, 0) is 55.4 Å². The molecule has 1 aromatic rings. The Morgan fingerprint density at radius 3 is 2.70 bits per heavy atom. The predicted octanol–water partition coefficient (Wildman–Crippen LogP) is 3.23. The van der Waals surface area contributed by atoms with Gasteiger partial charge >= 0.3 is 0 Å². The van der Waals surface area contributed by atoms with E-state index >= 15 is 4.39 Å².